The molecule has 4 rings (SSSR count). The maximum Gasteiger partial charge on any atom is 0.403 e. The van der Waals surface area contributed by atoms with E-state index in [0.717, 1.165) is 63.2 Å². The highest BCUT2D eigenvalue weighted by Gasteiger charge is 2.73. The molecule has 4 aliphatic rings. The van der Waals surface area contributed by atoms with Gasteiger partial charge in [0.05, 0.1) is 39.9 Å². The molecule has 0 aromatic carbocycles. The lowest BCUT2D eigenvalue weighted by Crippen LogP contribution is -2.55. The van der Waals surface area contributed by atoms with E-state index in [1.54, 1.807) is 62.3 Å². The molecule has 0 heterocycles. The summed E-state index contributed by atoms with van der Waals surface area (Å²) >= 11 is 0. The van der Waals surface area contributed by atoms with E-state index in [1.807, 2.05) is 76.2 Å². The van der Waals surface area contributed by atoms with Crippen molar-refractivity contribution >= 4 is 0 Å². The van der Waals surface area contributed by atoms with Gasteiger partial charge in [-0.3, -0.25) is 0 Å². The molecule has 0 saturated heterocycles. The standard InChI is InChI=1S/C11H21F3.C10H19F3.C10H22.C9H12F6.C9H15F3.C9H17F3.C9H20.2C8H13F3.C8H15F3/c1-8(2,3)9(4,5)10(6,7)11(12,13)14;1-7(8(2,3)4)9(5,6)10(11,12)13;1-8(2)10(6,7)9(3,4)5;1-6-4-2-3-5-7(6,8(10,11)12)9(13,14)15;1-6-4-3-5-8(7(6)2)9(10,11)12;1-6(2)8(4,5)7(3)9(10,11)12;1-7(2)8(3)9(4,5)6;1-6-2-4-7(5-3-6)8(9,10)11;1-6-3-2-4-7(5-6)8(9,10)11;1-6(2,3)7(4,5)8(9,10)11/h1-7H3;7H,1-6H3;8H,1-7H3;6H,2-5H2,1H3;6-8H,3-5H2,1-2H3;6-7H,1-5H3;7-8H,1-6H3;2*6-7H,2-5H2,1H3;1-5H3/t;7-;;6-;6?,7-,8?;;8-;;6-,7?;/m.1.11.1.1./s1. The van der Waals surface area contributed by atoms with Crippen molar-refractivity contribution in [3.63, 3.8) is 0 Å². The molecule has 4 aliphatic carbocycles. The average molecular weight is 1770 g/mol. The van der Waals surface area contributed by atoms with Gasteiger partial charge in [-0.25, -0.2) is 0 Å². The number of hydrogen-bond acceptors (Lipinski definition) is 0. The van der Waals surface area contributed by atoms with Gasteiger partial charge in [0, 0.05) is 0 Å². The maximum absolute atomic E-state index is 12.9. The van der Waals surface area contributed by atoms with Gasteiger partial charge in [-0.2, -0.15) is 119 Å². The van der Waals surface area contributed by atoms with Crippen molar-refractivity contribution in [1.29, 1.82) is 0 Å². The van der Waals surface area contributed by atoms with Crippen LogP contribution in [-0.2, 0) is 0 Å². The van der Waals surface area contributed by atoms with Crippen molar-refractivity contribution in [2.45, 2.75) is 436 Å². The largest absolute Gasteiger partial charge is 0.403 e. The Morgan fingerprint density at radius 2 is 0.661 bits per heavy atom. The second-order valence-corrected chi connectivity index (χ2v) is 44.5. The van der Waals surface area contributed by atoms with Gasteiger partial charge in [0.25, 0.3) is 0 Å². The second-order valence-electron chi connectivity index (χ2n) is 44.5. The number of halogens is 27. The van der Waals surface area contributed by atoms with Crippen LogP contribution in [-0.4, -0.2) is 55.6 Å². The van der Waals surface area contributed by atoms with Gasteiger partial charge in [-0.15, -0.1) is 0 Å². The zero-order chi connectivity index (χ0) is 97.2. The van der Waals surface area contributed by atoms with Gasteiger partial charge in [0.2, 0.25) is 0 Å². The fourth-order valence-electron chi connectivity index (χ4n) is 13.5. The van der Waals surface area contributed by atoms with Crippen LogP contribution in [0.15, 0.2) is 0 Å². The minimum Gasteiger partial charge on any atom is -0.171 e. The number of hydrogen-bond donors (Lipinski definition) is 0. The highest BCUT2D eigenvalue weighted by molar-refractivity contribution is 5.00. The third kappa shape index (κ3) is 40.0. The molecular formula is C91H167F27. The molecule has 0 amide bonds. The molecular weight excluding hydrogens is 1610 g/mol. The first-order valence-electron chi connectivity index (χ1n) is 42.5. The average Bonchev–Trinajstić information content (AvgIpc) is 0.742. The molecule has 0 N–H and O–H groups in total. The molecule has 118 heavy (non-hydrogen) atoms. The lowest BCUT2D eigenvalue weighted by Gasteiger charge is -2.51. The summed E-state index contributed by atoms with van der Waals surface area (Å²) in [5.41, 5.74) is -10.0. The molecule has 4 saturated carbocycles. The van der Waals surface area contributed by atoms with Crippen LogP contribution < -0.4 is 0 Å². The first kappa shape index (κ1) is 127. The first-order valence-corrected chi connectivity index (χ1v) is 42.5. The fraction of sp³-hybridized carbons (Fsp3) is 1.00. The molecule has 4 fully saturated rings. The predicted octanol–water partition coefficient (Wildman–Crippen LogP) is 38.1. The SMILES string of the molecule is CC(C)(C)C(C)(C)C(C)(C)C(F)(F)F.CC(C)(C)C(C)(C)C(F)(F)F.CC(C)C(C)(C)C(C)(C)C.CC(C)C(C)(C)C(C)C(F)(F)F.CC(C)[C@@H](C)C(C)(C)C.CC1CCC(C(F)(F)F)CC1.CC1CCCC(C(F)(F)F)[C@@H]1C.C[C@@H]1CCCC(C(F)(F)F)C1.C[C@@H]1CCCCC1(C(F)(F)F)C(F)(F)F.C[C@H](C(C)(C)C)C(C)(C)C(F)(F)F. The Bertz CT molecular complexity index is 2600. The Morgan fingerprint density at radius 1 is 0.297 bits per heavy atom. The van der Waals surface area contributed by atoms with Crippen LogP contribution in [0.1, 0.15) is 380 Å². The Balaban J connectivity index is -0.000000296. The first-order chi connectivity index (χ1) is 50.9. The van der Waals surface area contributed by atoms with E-state index >= 15 is 0 Å². The lowest BCUT2D eigenvalue weighted by molar-refractivity contribution is -0.364. The van der Waals surface area contributed by atoms with Crippen molar-refractivity contribution in [2.24, 2.45) is 148 Å². The fourth-order valence-corrected chi connectivity index (χ4v) is 13.5. The molecule has 720 valence electrons. The summed E-state index contributed by atoms with van der Waals surface area (Å²) in [6.07, 6.45) is -32.6. The van der Waals surface area contributed by atoms with E-state index in [-0.39, 0.29) is 47.3 Å². The Kier molecular flexibility index (Phi) is 49.1. The second kappa shape index (κ2) is 45.7. The van der Waals surface area contributed by atoms with E-state index in [9.17, 15) is 119 Å². The van der Waals surface area contributed by atoms with E-state index in [2.05, 4.69) is 90.0 Å². The summed E-state index contributed by atoms with van der Waals surface area (Å²) in [4.78, 5) is 0. The molecule has 4 unspecified atom stereocenters. The van der Waals surface area contributed by atoms with Gasteiger partial charge >= 0.3 is 55.6 Å². The van der Waals surface area contributed by atoms with Crippen LogP contribution in [0.2, 0.25) is 0 Å². The van der Waals surface area contributed by atoms with E-state index < -0.39 is 135 Å². The Hall–Kier alpha value is -1.89. The van der Waals surface area contributed by atoms with E-state index in [0.29, 0.717) is 60.7 Å². The molecule has 0 radical (unpaired) electrons. The summed E-state index contributed by atoms with van der Waals surface area (Å²) in [5.74, 6) is -2.92. The normalized spacial score (nSPS) is 23.1. The minimum atomic E-state index is -5.20. The number of alkyl halides is 27. The maximum atomic E-state index is 12.9. The van der Waals surface area contributed by atoms with Crippen molar-refractivity contribution in [1.82, 2.24) is 0 Å². The molecule has 0 bridgehead atoms. The van der Waals surface area contributed by atoms with Crippen molar-refractivity contribution in [2.75, 3.05) is 0 Å². The summed E-state index contributed by atoms with van der Waals surface area (Å²) in [5, 5.41) is 0. The highest BCUT2D eigenvalue weighted by Crippen LogP contribution is 2.62. The molecule has 27 heteroatoms. The van der Waals surface area contributed by atoms with Crippen molar-refractivity contribution in [3.05, 3.63) is 0 Å². The van der Waals surface area contributed by atoms with Crippen molar-refractivity contribution < 1.29 is 119 Å². The summed E-state index contributed by atoms with van der Waals surface area (Å²) < 4.78 is 336. The molecule has 0 spiro atoms. The zero-order valence-corrected chi connectivity index (χ0v) is 80.4. The predicted molar refractivity (Wildman–Crippen MR) is 434 cm³/mol. The molecule has 9 atom stereocenters. The van der Waals surface area contributed by atoms with Gasteiger partial charge in [0.1, 0.15) is 0 Å². The molecule has 0 nitrogen and oxygen atoms in total. The zero-order valence-electron chi connectivity index (χ0n) is 80.4. The lowest BCUT2D eigenvalue weighted by atomic mass is 9.55. The Morgan fingerprint density at radius 3 is 0.831 bits per heavy atom. The van der Waals surface area contributed by atoms with Crippen LogP contribution >= 0.6 is 0 Å². The van der Waals surface area contributed by atoms with E-state index in [1.165, 1.54) is 48.5 Å². The van der Waals surface area contributed by atoms with Gasteiger partial charge in [-0.05, 0) is 147 Å². The molecule has 0 aromatic rings. The summed E-state index contributed by atoms with van der Waals surface area (Å²) in [7, 11) is 0. The van der Waals surface area contributed by atoms with Gasteiger partial charge in [-0.1, -0.05) is 335 Å². The summed E-state index contributed by atoms with van der Waals surface area (Å²) in [6, 6.07) is 0. The van der Waals surface area contributed by atoms with Crippen LogP contribution in [0.5, 0.6) is 0 Å². The number of rotatable bonds is 6. The van der Waals surface area contributed by atoms with Crippen LogP contribution in [0.25, 0.3) is 0 Å². The Labute approximate surface area is 699 Å². The monoisotopic (exact) mass is 1770 g/mol. The summed E-state index contributed by atoms with van der Waals surface area (Å²) in [6.45, 7) is 75.3. The quantitative estimate of drug-likeness (QED) is 0.233. The third-order valence-corrected chi connectivity index (χ3v) is 30.0. The van der Waals surface area contributed by atoms with Gasteiger partial charge < -0.3 is 0 Å². The molecule has 0 aliphatic heterocycles. The van der Waals surface area contributed by atoms with Gasteiger partial charge in [0.15, 0.2) is 5.41 Å². The van der Waals surface area contributed by atoms with Crippen LogP contribution in [0, 0.1) is 148 Å². The highest BCUT2D eigenvalue weighted by atomic mass is 19.4. The topological polar surface area (TPSA) is 0 Å². The smallest absolute Gasteiger partial charge is 0.171 e. The van der Waals surface area contributed by atoms with Crippen molar-refractivity contribution in [3.8, 4) is 0 Å². The van der Waals surface area contributed by atoms with Crippen LogP contribution in [0.4, 0.5) is 119 Å². The van der Waals surface area contributed by atoms with E-state index in [4.69, 9.17) is 0 Å². The molecule has 0 aromatic heterocycles. The third-order valence-electron chi connectivity index (χ3n) is 30.0. The van der Waals surface area contributed by atoms with Crippen LogP contribution in [0.3, 0.4) is 0 Å². The minimum absolute atomic E-state index is 0.0106.